The third-order valence-electron chi connectivity index (χ3n) is 2.31. The Hall–Kier alpha value is -1.81. The van der Waals surface area contributed by atoms with E-state index in [1.807, 2.05) is 31.2 Å². The molecule has 0 heterocycles. The maximum absolute atomic E-state index is 10.4. The van der Waals surface area contributed by atoms with Gasteiger partial charge < -0.3 is 15.2 Å². The standard InChI is InChI=1S/C14H19NO3/c1-11-4-3-5-13(8-11)18-7-6-15-10-12(2)9-14(16)17/h3-5,8-9,15H,6-7,10H2,1-2H3,(H,16,17)/b12-9-. The van der Waals surface area contributed by atoms with Crippen LogP contribution in [0.15, 0.2) is 35.9 Å². The molecule has 0 amide bonds. The van der Waals surface area contributed by atoms with E-state index in [1.54, 1.807) is 6.92 Å². The van der Waals surface area contributed by atoms with E-state index >= 15 is 0 Å². The van der Waals surface area contributed by atoms with Gasteiger partial charge >= 0.3 is 5.97 Å². The number of rotatable bonds is 7. The van der Waals surface area contributed by atoms with Crippen LogP contribution in [0.5, 0.6) is 5.75 Å². The smallest absolute Gasteiger partial charge is 0.328 e. The molecule has 0 aliphatic carbocycles. The second kappa shape index (κ2) is 7.50. The summed E-state index contributed by atoms with van der Waals surface area (Å²) in [5.41, 5.74) is 1.96. The number of hydrogen-bond acceptors (Lipinski definition) is 3. The van der Waals surface area contributed by atoms with E-state index in [0.29, 0.717) is 19.7 Å². The molecule has 0 radical (unpaired) electrons. The van der Waals surface area contributed by atoms with E-state index in [4.69, 9.17) is 9.84 Å². The Labute approximate surface area is 107 Å². The topological polar surface area (TPSA) is 58.6 Å². The molecule has 0 fully saturated rings. The molecule has 18 heavy (non-hydrogen) atoms. The molecule has 1 rings (SSSR count). The van der Waals surface area contributed by atoms with E-state index in [1.165, 1.54) is 11.6 Å². The Kier molecular flexibility index (Phi) is 5.94. The number of carbonyl (C=O) groups is 1. The van der Waals surface area contributed by atoms with Gasteiger partial charge in [-0.1, -0.05) is 17.7 Å². The zero-order valence-electron chi connectivity index (χ0n) is 10.8. The van der Waals surface area contributed by atoms with Crippen molar-refractivity contribution in [3.63, 3.8) is 0 Å². The fraction of sp³-hybridized carbons (Fsp3) is 0.357. The first-order chi connectivity index (χ1) is 8.58. The first kappa shape index (κ1) is 14.3. The average molecular weight is 249 g/mol. The largest absolute Gasteiger partial charge is 0.492 e. The minimum Gasteiger partial charge on any atom is -0.492 e. The number of nitrogens with one attached hydrogen (secondary N) is 1. The highest BCUT2D eigenvalue weighted by molar-refractivity contribution is 5.80. The number of carboxylic acids is 1. The van der Waals surface area contributed by atoms with E-state index in [0.717, 1.165) is 11.3 Å². The predicted molar refractivity (Wildman–Crippen MR) is 70.9 cm³/mol. The van der Waals surface area contributed by atoms with Crippen molar-refractivity contribution in [2.45, 2.75) is 13.8 Å². The van der Waals surface area contributed by atoms with Crippen LogP contribution >= 0.6 is 0 Å². The molecule has 1 aromatic rings. The van der Waals surface area contributed by atoms with Crippen molar-refractivity contribution in [1.29, 1.82) is 0 Å². The van der Waals surface area contributed by atoms with Crippen LogP contribution in [0.2, 0.25) is 0 Å². The van der Waals surface area contributed by atoms with Gasteiger partial charge in [-0.15, -0.1) is 0 Å². The highest BCUT2D eigenvalue weighted by atomic mass is 16.5. The Morgan fingerprint density at radius 3 is 2.94 bits per heavy atom. The Morgan fingerprint density at radius 1 is 1.50 bits per heavy atom. The molecule has 2 N–H and O–H groups in total. The number of benzene rings is 1. The minimum absolute atomic E-state index is 0.559. The number of carboxylic acid groups (broad SMARTS) is 1. The highest BCUT2D eigenvalue weighted by Gasteiger charge is 1.96. The Bertz CT molecular complexity index is 427. The third kappa shape index (κ3) is 6.06. The molecule has 0 saturated carbocycles. The van der Waals surface area contributed by atoms with Crippen LogP contribution in [0.1, 0.15) is 12.5 Å². The van der Waals surface area contributed by atoms with Crippen molar-refractivity contribution >= 4 is 5.97 Å². The zero-order valence-corrected chi connectivity index (χ0v) is 10.8. The van der Waals surface area contributed by atoms with Gasteiger partial charge in [0, 0.05) is 19.2 Å². The van der Waals surface area contributed by atoms with Crippen molar-refractivity contribution < 1.29 is 14.6 Å². The van der Waals surface area contributed by atoms with Gasteiger partial charge in [-0.05, 0) is 31.5 Å². The lowest BCUT2D eigenvalue weighted by molar-refractivity contribution is -0.131. The highest BCUT2D eigenvalue weighted by Crippen LogP contribution is 2.11. The van der Waals surface area contributed by atoms with E-state index < -0.39 is 5.97 Å². The third-order valence-corrected chi connectivity index (χ3v) is 2.31. The Balaban J connectivity index is 2.18. The summed E-state index contributed by atoms with van der Waals surface area (Å²) in [7, 11) is 0. The predicted octanol–water partition coefficient (Wildman–Crippen LogP) is 1.99. The summed E-state index contributed by atoms with van der Waals surface area (Å²) >= 11 is 0. The van der Waals surface area contributed by atoms with Crippen molar-refractivity contribution in [2.75, 3.05) is 19.7 Å². The van der Waals surface area contributed by atoms with Gasteiger partial charge in [0.15, 0.2) is 0 Å². The molecule has 1 aromatic carbocycles. The Morgan fingerprint density at radius 2 is 2.28 bits per heavy atom. The maximum Gasteiger partial charge on any atom is 0.328 e. The van der Waals surface area contributed by atoms with Crippen molar-refractivity contribution in [1.82, 2.24) is 5.32 Å². The summed E-state index contributed by atoms with van der Waals surface area (Å²) in [6.45, 7) is 5.60. The molecule has 0 saturated heterocycles. The van der Waals surface area contributed by atoms with Crippen LogP contribution in [-0.4, -0.2) is 30.8 Å². The van der Waals surface area contributed by atoms with Crippen molar-refractivity contribution in [2.24, 2.45) is 0 Å². The van der Waals surface area contributed by atoms with Crippen molar-refractivity contribution in [3.8, 4) is 5.75 Å². The first-order valence-electron chi connectivity index (χ1n) is 5.88. The molecule has 4 nitrogen and oxygen atoms in total. The lowest BCUT2D eigenvalue weighted by atomic mass is 10.2. The first-order valence-corrected chi connectivity index (χ1v) is 5.88. The van der Waals surface area contributed by atoms with Crippen LogP contribution in [0, 0.1) is 6.92 Å². The lowest BCUT2D eigenvalue weighted by Gasteiger charge is -2.08. The van der Waals surface area contributed by atoms with Crippen LogP contribution in [0.25, 0.3) is 0 Å². The summed E-state index contributed by atoms with van der Waals surface area (Å²) in [5.74, 6) is -0.0556. The molecule has 0 aliphatic rings. The van der Waals surface area contributed by atoms with Crippen LogP contribution in [-0.2, 0) is 4.79 Å². The molecule has 4 heteroatoms. The van der Waals surface area contributed by atoms with Gasteiger partial charge in [-0.25, -0.2) is 4.79 Å². The second-order valence-corrected chi connectivity index (χ2v) is 4.17. The SMILES string of the molecule is C/C(=C/C(=O)O)CNCCOc1cccc(C)c1. The van der Waals surface area contributed by atoms with Gasteiger partial charge in [0.05, 0.1) is 0 Å². The number of aryl methyl sites for hydroxylation is 1. The number of ether oxygens (including phenoxy) is 1. The van der Waals surface area contributed by atoms with E-state index in [9.17, 15) is 4.79 Å². The van der Waals surface area contributed by atoms with Crippen LogP contribution in [0.3, 0.4) is 0 Å². The zero-order chi connectivity index (χ0) is 13.4. The van der Waals surface area contributed by atoms with Crippen LogP contribution < -0.4 is 10.1 Å². The van der Waals surface area contributed by atoms with Crippen LogP contribution in [0.4, 0.5) is 0 Å². The molecule has 0 bridgehead atoms. The molecule has 0 aromatic heterocycles. The quantitative estimate of drug-likeness (QED) is 0.573. The summed E-state index contributed by atoms with van der Waals surface area (Å²) in [6.07, 6.45) is 1.20. The molecular weight excluding hydrogens is 230 g/mol. The molecule has 0 spiro atoms. The number of hydrogen-bond donors (Lipinski definition) is 2. The molecular formula is C14H19NO3. The van der Waals surface area contributed by atoms with Gasteiger partial charge in [0.2, 0.25) is 0 Å². The molecule has 0 unspecified atom stereocenters. The van der Waals surface area contributed by atoms with Crippen molar-refractivity contribution in [3.05, 3.63) is 41.5 Å². The lowest BCUT2D eigenvalue weighted by Crippen LogP contribution is -2.23. The van der Waals surface area contributed by atoms with Gasteiger partial charge in [0.1, 0.15) is 12.4 Å². The van der Waals surface area contributed by atoms with Gasteiger partial charge in [-0.2, -0.15) is 0 Å². The summed E-state index contributed by atoms with van der Waals surface area (Å²) < 4.78 is 5.55. The summed E-state index contributed by atoms with van der Waals surface area (Å²) in [6, 6.07) is 7.88. The summed E-state index contributed by atoms with van der Waals surface area (Å²) in [5, 5.41) is 11.7. The van der Waals surface area contributed by atoms with Gasteiger partial charge in [-0.3, -0.25) is 0 Å². The summed E-state index contributed by atoms with van der Waals surface area (Å²) in [4.78, 5) is 10.4. The molecule has 98 valence electrons. The minimum atomic E-state index is -0.912. The fourth-order valence-corrected chi connectivity index (χ4v) is 1.49. The molecule has 0 aliphatic heterocycles. The van der Waals surface area contributed by atoms with Gasteiger partial charge in [0.25, 0.3) is 0 Å². The monoisotopic (exact) mass is 249 g/mol. The average Bonchev–Trinajstić information content (AvgIpc) is 2.27. The second-order valence-electron chi connectivity index (χ2n) is 4.17. The fourth-order valence-electron chi connectivity index (χ4n) is 1.49. The normalized spacial score (nSPS) is 11.3. The maximum atomic E-state index is 10.4. The van der Waals surface area contributed by atoms with E-state index in [-0.39, 0.29) is 0 Å². The number of aliphatic carboxylic acids is 1. The van der Waals surface area contributed by atoms with E-state index in [2.05, 4.69) is 5.32 Å². The molecule has 0 atom stereocenters.